The zero-order chi connectivity index (χ0) is 16.9. The van der Waals surface area contributed by atoms with Crippen LogP contribution in [0, 0.1) is 0 Å². The van der Waals surface area contributed by atoms with Gasteiger partial charge in [0.2, 0.25) is 0 Å². The van der Waals surface area contributed by atoms with Crippen LogP contribution in [0.25, 0.3) is 0 Å². The molecule has 0 saturated heterocycles. The van der Waals surface area contributed by atoms with Crippen LogP contribution in [0.1, 0.15) is 32.4 Å². The van der Waals surface area contributed by atoms with E-state index in [0.717, 1.165) is 0 Å². The SMILES string of the molecule is COc1ccc([C@@H](C(N)=NO)N(C)C(=O)OC(C)(C)C)cc1. The second-order valence-corrected chi connectivity index (χ2v) is 5.79. The fraction of sp³-hybridized carbons (Fsp3) is 0.467. The predicted molar refractivity (Wildman–Crippen MR) is 83.1 cm³/mol. The number of ether oxygens (including phenoxy) is 2. The Bertz CT molecular complexity index is 535. The second kappa shape index (κ2) is 7.02. The minimum Gasteiger partial charge on any atom is -0.497 e. The van der Waals surface area contributed by atoms with Gasteiger partial charge in [0.1, 0.15) is 17.4 Å². The van der Waals surface area contributed by atoms with Gasteiger partial charge < -0.3 is 20.4 Å². The number of carbonyl (C=O) groups excluding carboxylic acids is 1. The van der Waals surface area contributed by atoms with Gasteiger partial charge in [-0.15, -0.1) is 0 Å². The average Bonchev–Trinajstić information content (AvgIpc) is 2.46. The number of amidine groups is 1. The number of likely N-dealkylation sites (N-methyl/N-ethyl adjacent to an activating group) is 1. The van der Waals surface area contributed by atoms with Gasteiger partial charge in [0.05, 0.1) is 7.11 Å². The molecule has 3 N–H and O–H groups in total. The van der Waals surface area contributed by atoms with Crippen molar-refractivity contribution in [3.05, 3.63) is 29.8 Å². The highest BCUT2D eigenvalue weighted by molar-refractivity contribution is 5.89. The summed E-state index contributed by atoms with van der Waals surface area (Å²) in [4.78, 5) is 13.5. The number of nitrogens with two attached hydrogens (primary N) is 1. The maximum absolute atomic E-state index is 12.2. The van der Waals surface area contributed by atoms with Gasteiger partial charge in [-0.05, 0) is 38.5 Å². The van der Waals surface area contributed by atoms with Crippen LogP contribution in [-0.2, 0) is 4.74 Å². The van der Waals surface area contributed by atoms with E-state index < -0.39 is 17.7 Å². The lowest BCUT2D eigenvalue weighted by Gasteiger charge is -2.30. The van der Waals surface area contributed by atoms with Gasteiger partial charge in [0.15, 0.2) is 5.84 Å². The first-order valence-electron chi connectivity index (χ1n) is 6.76. The van der Waals surface area contributed by atoms with Crippen molar-refractivity contribution in [2.45, 2.75) is 32.4 Å². The van der Waals surface area contributed by atoms with Crippen LogP contribution in [0.15, 0.2) is 29.4 Å². The lowest BCUT2D eigenvalue weighted by atomic mass is 10.0. The van der Waals surface area contributed by atoms with E-state index in [9.17, 15) is 4.79 Å². The Morgan fingerprint density at radius 1 is 1.32 bits per heavy atom. The van der Waals surface area contributed by atoms with Crippen LogP contribution >= 0.6 is 0 Å². The molecule has 22 heavy (non-hydrogen) atoms. The van der Waals surface area contributed by atoms with Crippen LogP contribution in [0.4, 0.5) is 4.79 Å². The molecule has 0 aliphatic carbocycles. The summed E-state index contributed by atoms with van der Waals surface area (Å²) in [7, 11) is 3.09. The number of amides is 1. The first-order valence-corrected chi connectivity index (χ1v) is 6.76. The first-order chi connectivity index (χ1) is 10.2. The van der Waals surface area contributed by atoms with E-state index in [2.05, 4.69) is 5.16 Å². The molecule has 1 aromatic rings. The molecule has 1 aromatic carbocycles. The van der Waals surface area contributed by atoms with Crippen LogP contribution in [0.2, 0.25) is 0 Å². The molecule has 0 fully saturated rings. The van der Waals surface area contributed by atoms with Crippen molar-refractivity contribution in [1.82, 2.24) is 4.90 Å². The molecule has 122 valence electrons. The predicted octanol–water partition coefficient (Wildman–Crippen LogP) is 2.35. The highest BCUT2D eigenvalue weighted by Crippen LogP contribution is 2.24. The minimum absolute atomic E-state index is 0.112. The van der Waals surface area contributed by atoms with E-state index >= 15 is 0 Å². The maximum Gasteiger partial charge on any atom is 0.410 e. The highest BCUT2D eigenvalue weighted by atomic mass is 16.6. The van der Waals surface area contributed by atoms with Crippen molar-refractivity contribution in [3.8, 4) is 5.75 Å². The number of carbonyl (C=O) groups is 1. The van der Waals surface area contributed by atoms with E-state index in [4.69, 9.17) is 20.4 Å². The summed E-state index contributed by atoms with van der Waals surface area (Å²) in [6.07, 6.45) is -0.570. The Morgan fingerprint density at radius 3 is 2.27 bits per heavy atom. The molecule has 7 nitrogen and oxygen atoms in total. The lowest BCUT2D eigenvalue weighted by molar-refractivity contribution is 0.0263. The Labute approximate surface area is 130 Å². The molecule has 1 amide bonds. The summed E-state index contributed by atoms with van der Waals surface area (Å²) >= 11 is 0. The zero-order valence-corrected chi connectivity index (χ0v) is 13.5. The van der Waals surface area contributed by atoms with Crippen LogP contribution < -0.4 is 10.5 Å². The molecule has 0 saturated carbocycles. The molecule has 1 atom stereocenters. The summed E-state index contributed by atoms with van der Waals surface area (Å²) in [6.45, 7) is 5.31. The largest absolute Gasteiger partial charge is 0.497 e. The van der Waals surface area contributed by atoms with Gasteiger partial charge in [-0.25, -0.2) is 4.79 Å². The van der Waals surface area contributed by atoms with Crippen molar-refractivity contribution in [2.24, 2.45) is 10.9 Å². The number of rotatable bonds is 4. The maximum atomic E-state index is 12.2. The summed E-state index contributed by atoms with van der Waals surface area (Å²) in [5, 5.41) is 12.0. The first kappa shape index (κ1) is 17.6. The third-order valence-corrected chi connectivity index (χ3v) is 2.90. The molecule has 0 aromatic heterocycles. The molecule has 1 rings (SSSR count). The molecule has 0 heterocycles. The number of oxime groups is 1. The van der Waals surface area contributed by atoms with Gasteiger partial charge in [-0.3, -0.25) is 4.90 Å². The molecule has 0 spiro atoms. The normalized spacial score (nSPS) is 13.4. The van der Waals surface area contributed by atoms with E-state index in [1.165, 1.54) is 11.9 Å². The molecule has 0 radical (unpaired) electrons. The van der Waals surface area contributed by atoms with Gasteiger partial charge in [0.25, 0.3) is 0 Å². The Morgan fingerprint density at radius 2 is 1.86 bits per heavy atom. The number of hydrogen-bond acceptors (Lipinski definition) is 5. The standard InChI is InChI=1S/C15H23N3O4/c1-15(2,3)22-14(19)18(4)12(13(16)17-20)10-6-8-11(21-5)9-7-10/h6-9,12,20H,1-5H3,(H2,16,17)/t12-/m0/s1. The second-order valence-electron chi connectivity index (χ2n) is 5.79. The fourth-order valence-electron chi connectivity index (χ4n) is 1.87. The molecule has 0 bridgehead atoms. The number of methoxy groups -OCH3 is 1. The fourth-order valence-corrected chi connectivity index (χ4v) is 1.87. The number of nitrogens with zero attached hydrogens (tertiary/aromatic N) is 2. The molecular formula is C15H23N3O4. The van der Waals surface area contributed by atoms with Gasteiger partial charge >= 0.3 is 6.09 Å². The smallest absolute Gasteiger partial charge is 0.410 e. The number of benzene rings is 1. The highest BCUT2D eigenvalue weighted by Gasteiger charge is 2.29. The topological polar surface area (TPSA) is 97.4 Å². The van der Waals surface area contributed by atoms with Crippen LogP contribution in [-0.4, -0.2) is 41.8 Å². The van der Waals surface area contributed by atoms with E-state index in [1.54, 1.807) is 52.1 Å². The monoisotopic (exact) mass is 309 g/mol. The molecule has 0 aliphatic heterocycles. The quantitative estimate of drug-likeness (QED) is 0.385. The van der Waals surface area contributed by atoms with E-state index in [-0.39, 0.29) is 5.84 Å². The molecule has 7 heteroatoms. The third-order valence-electron chi connectivity index (χ3n) is 2.90. The van der Waals surface area contributed by atoms with Crippen molar-refractivity contribution >= 4 is 11.9 Å². The molecule has 0 unspecified atom stereocenters. The number of hydrogen-bond donors (Lipinski definition) is 2. The summed E-state index contributed by atoms with van der Waals surface area (Å²) < 4.78 is 10.4. The van der Waals surface area contributed by atoms with Crippen molar-refractivity contribution in [2.75, 3.05) is 14.2 Å². The average molecular weight is 309 g/mol. The zero-order valence-electron chi connectivity index (χ0n) is 13.5. The Balaban J connectivity index is 3.09. The van der Waals surface area contributed by atoms with Crippen molar-refractivity contribution < 1.29 is 19.5 Å². The van der Waals surface area contributed by atoms with Gasteiger partial charge in [-0.2, -0.15) is 0 Å². The van der Waals surface area contributed by atoms with Crippen molar-refractivity contribution in [1.29, 1.82) is 0 Å². The molecule has 0 aliphatic rings. The van der Waals surface area contributed by atoms with E-state index in [0.29, 0.717) is 11.3 Å². The summed E-state index contributed by atoms with van der Waals surface area (Å²) in [5.41, 5.74) is 5.77. The molecular weight excluding hydrogens is 286 g/mol. The minimum atomic E-state index is -0.745. The summed E-state index contributed by atoms with van der Waals surface area (Å²) in [6, 6.07) is 6.20. The summed E-state index contributed by atoms with van der Waals surface area (Å²) in [5.74, 6) is 0.556. The van der Waals surface area contributed by atoms with Crippen molar-refractivity contribution in [3.63, 3.8) is 0 Å². The van der Waals surface area contributed by atoms with Crippen LogP contribution in [0.3, 0.4) is 0 Å². The van der Waals surface area contributed by atoms with Crippen LogP contribution in [0.5, 0.6) is 5.75 Å². The van der Waals surface area contributed by atoms with E-state index in [1.807, 2.05) is 0 Å². The van der Waals surface area contributed by atoms with Gasteiger partial charge in [0, 0.05) is 7.05 Å². The third kappa shape index (κ3) is 4.54. The lowest BCUT2D eigenvalue weighted by Crippen LogP contribution is -2.42. The Hall–Kier alpha value is -2.44. The van der Waals surface area contributed by atoms with Gasteiger partial charge in [-0.1, -0.05) is 17.3 Å². The Kier molecular flexibility index (Phi) is 5.62.